The first-order valence-electron chi connectivity index (χ1n) is 7.87. The number of amides is 1. The Balaban J connectivity index is 1.65. The summed E-state index contributed by atoms with van der Waals surface area (Å²) in [5.74, 6) is 1.28. The summed E-state index contributed by atoms with van der Waals surface area (Å²) < 4.78 is 5.81. The first kappa shape index (κ1) is 15.8. The standard InChI is InChI=1S/C21H19NO2/c1-16-10-12-19(13-11-16)24-20-9-5-8-18(14-20)21(23)22-15-17-6-3-2-4-7-17/h2-14H,15H2,1H3,(H,22,23). The molecule has 0 radical (unpaired) electrons. The van der Waals surface area contributed by atoms with Crippen molar-refractivity contribution in [2.75, 3.05) is 0 Å². The van der Waals surface area contributed by atoms with Gasteiger partial charge in [-0.05, 0) is 42.8 Å². The number of hydrogen-bond donors (Lipinski definition) is 1. The number of nitrogens with one attached hydrogen (secondary N) is 1. The molecule has 0 heterocycles. The van der Waals surface area contributed by atoms with Gasteiger partial charge in [0.1, 0.15) is 11.5 Å². The molecular formula is C21H19NO2. The van der Waals surface area contributed by atoms with Crippen LogP contribution in [-0.4, -0.2) is 5.91 Å². The summed E-state index contributed by atoms with van der Waals surface area (Å²) >= 11 is 0. The zero-order valence-electron chi connectivity index (χ0n) is 13.5. The van der Waals surface area contributed by atoms with Gasteiger partial charge in [-0.2, -0.15) is 0 Å². The van der Waals surface area contributed by atoms with Gasteiger partial charge in [-0.15, -0.1) is 0 Å². The lowest BCUT2D eigenvalue weighted by atomic mass is 10.2. The van der Waals surface area contributed by atoms with Crippen LogP contribution in [0.2, 0.25) is 0 Å². The average molecular weight is 317 g/mol. The number of benzene rings is 3. The Morgan fingerprint density at radius 2 is 1.62 bits per heavy atom. The van der Waals surface area contributed by atoms with Crippen LogP contribution in [0, 0.1) is 6.92 Å². The minimum atomic E-state index is -0.117. The SMILES string of the molecule is Cc1ccc(Oc2cccc(C(=O)NCc3ccccc3)c2)cc1. The molecule has 0 saturated heterocycles. The van der Waals surface area contributed by atoms with Crippen LogP contribution in [0.1, 0.15) is 21.5 Å². The highest BCUT2D eigenvalue weighted by Gasteiger charge is 2.07. The van der Waals surface area contributed by atoms with Crippen LogP contribution in [-0.2, 0) is 6.54 Å². The maximum atomic E-state index is 12.3. The van der Waals surface area contributed by atoms with E-state index in [0.29, 0.717) is 17.9 Å². The number of rotatable bonds is 5. The smallest absolute Gasteiger partial charge is 0.251 e. The molecule has 0 atom stereocenters. The highest BCUT2D eigenvalue weighted by molar-refractivity contribution is 5.94. The van der Waals surface area contributed by atoms with E-state index in [2.05, 4.69) is 5.32 Å². The molecule has 1 amide bonds. The fourth-order valence-electron chi connectivity index (χ4n) is 2.32. The molecule has 3 aromatic rings. The fraction of sp³-hybridized carbons (Fsp3) is 0.0952. The van der Waals surface area contributed by atoms with Gasteiger partial charge in [0.2, 0.25) is 0 Å². The van der Waals surface area contributed by atoms with Crippen molar-refractivity contribution in [1.82, 2.24) is 5.32 Å². The topological polar surface area (TPSA) is 38.3 Å². The number of aryl methyl sites for hydroxylation is 1. The van der Waals surface area contributed by atoms with E-state index in [9.17, 15) is 4.79 Å². The Morgan fingerprint density at radius 1 is 0.875 bits per heavy atom. The van der Waals surface area contributed by atoms with Crippen molar-refractivity contribution in [3.63, 3.8) is 0 Å². The van der Waals surface area contributed by atoms with Gasteiger partial charge in [-0.1, -0.05) is 54.1 Å². The van der Waals surface area contributed by atoms with Crippen LogP contribution in [0.15, 0.2) is 78.9 Å². The Hall–Kier alpha value is -3.07. The summed E-state index contributed by atoms with van der Waals surface area (Å²) in [6, 6.07) is 24.8. The monoisotopic (exact) mass is 317 g/mol. The van der Waals surface area contributed by atoms with E-state index in [1.807, 2.05) is 73.7 Å². The Labute approximate surface area is 141 Å². The summed E-state index contributed by atoms with van der Waals surface area (Å²) in [6.07, 6.45) is 0. The molecule has 3 nitrogen and oxygen atoms in total. The van der Waals surface area contributed by atoms with Crippen LogP contribution in [0.25, 0.3) is 0 Å². The number of ether oxygens (including phenoxy) is 1. The molecule has 0 bridgehead atoms. The zero-order chi connectivity index (χ0) is 16.8. The first-order valence-corrected chi connectivity index (χ1v) is 7.87. The molecule has 0 aromatic heterocycles. The van der Waals surface area contributed by atoms with Gasteiger partial charge in [-0.3, -0.25) is 4.79 Å². The molecule has 3 aromatic carbocycles. The highest BCUT2D eigenvalue weighted by atomic mass is 16.5. The van der Waals surface area contributed by atoms with E-state index in [1.165, 1.54) is 5.56 Å². The third-order valence-corrected chi connectivity index (χ3v) is 3.65. The molecule has 24 heavy (non-hydrogen) atoms. The molecule has 0 fully saturated rings. The van der Waals surface area contributed by atoms with Gasteiger partial charge in [-0.25, -0.2) is 0 Å². The van der Waals surface area contributed by atoms with E-state index in [1.54, 1.807) is 12.1 Å². The molecular weight excluding hydrogens is 298 g/mol. The second kappa shape index (κ2) is 7.47. The predicted octanol–water partition coefficient (Wildman–Crippen LogP) is 4.72. The number of hydrogen-bond acceptors (Lipinski definition) is 2. The van der Waals surface area contributed by atoms with Gasteiger partial charge in [0.25, 0.3) is 5.91 Å². The van der Waals surface area contributed by atoms with Crippen molar-refractivity contribution < 1.29 is 9.53 Å². The molecule has 0 unspecified atom stereocenters. The van der Waals surface area contributed by atoms with Crippen LogP contribution in [0.4, 0.5) is 0 Å². The largest absolute Gasteiger partial charge is 0.457 e. The summed E-state index contributed by atoms with van der Waals surface area (Å²) in [4.78, 5) is 12.3. The normalized spacial score (nSPS) is 10.2. The minimum Gasteiger partial charge on any atom is -0.457 e. The second-order valence-electron chi connectivity index (χ2n) is 5.61. The third-order valence-electron chi connectivity index (χ3n) is 3.65. The fourth-order valence-corrected chi connectivity index (χ4v) is 2.32. The van der Waals surface area contributed by atoms with Crippen molar-refractivity contribution >= 4 is 5.91 Å². The third kappa shape index (κ3) is 4.23. The molecule has 3 heteroatoms. The van der Waals surface area contributed by atoms with Gasteiger partial charge >= 0.3 is 0 Å². The van der Waals surface area contributed by atoms with Crippen LogP contribution in [0.3, 0.4) is 0 Å². The zero-order valence-corrected chi connectivity index (χ0v) is 13.5. The van der Waals surface area contributed by atoms with Crippen LogP contribution in [0.5, 0.6) is 11.5 Å². The van der Waals surface area contributed by atoms with Crippen molar-refractivity contribution in [3.8, 4) is 11.5 Å². The maximum Gasteiger partial charge on any atom is 0.251 e. The Bertz CT molecular complexity index is 811. The quantitative estimate of drug-likeness (QED) is 0.739. The summed E-state index contributed by atoms with van der Waals surface area (Å²) in [6.45, 7) is 2.53. The predicted molar refractivity (Wildman–Crippen MR) is 95.3 cm³/mol. The molecule has 3 rings (SSSR count). The lowest BCUT2D eigenvalue weighted by molar-refractivity contribution is 0.0950. The van der Waals surface area contributed by atoms with Crippen molar-refractivity contribution in [2.45, 2.75) is 13.5 Å². The van der Waals surface area contributed by atoms with Crippen molar-refractivity contribution in [2.24, 2.45) is 0 Å². The number of carbonyl (C=O) groups excluding carboxylic acids is 1. The minimum absolute atomic E-state index is 0.117. The van der Waals surface area contributed by atoms with Gasteiger partial charge in [0.05, 0.1) is 0 Å². The average Bonchev–Trinajstić information content (AvgIpc) is 2.63. The molecule has 120 valence electrons. The van der Waals surface area contributed by atoms with Gasteiger partial charge in [0, 0.05) is 12.1 Å². The van der Waals surface area contributed by atoms with Gasteiger partial charge in [0.15, 0.2) is 0 Å². The van der Waals surface area contributed by atoms with E-state index in [0.717, 1.165) is 11.3 Å². The maximum absolute atomic E-state index is 12.3. The van der Waals surface area contributed by atoms with E-state index in [4.69, 9.17) is 4.74 Å². The molecule has 0 aliphatic heterocycles. The number of carbonyl (C=O) groups is 1. The van der Waals surface area contributed by atoms with E-state index >= 15 is 0 Å². The Kier molecular flexibility index (Phi) is 4.92. The van der Waals surface area contributed by atoms with Crippen LogP contribution >= 0.6 is 0 Å². The molecule has 1 N–H and O–H groups in total. The second-order valence-corrected chi connectivity index (χ2v) is 5.61. The highest BCUT2D eigenvalue weighted by Crippen LogP contribution is 2.22. The lowest BCUT2D eigenvalue weighted by Crippen LogP contribution is -2.22. The molecule has 0 aliphatic rings. The summed E-state index contributed by atoms with van der Waals surface area (Å²) in [7, 11) is 0. The van der Waals surface area contributed by atoms with Gasteiger partial charge < -0.3 is 10.1 Å². The summed E-state index contributed by atoms with van der Waals surface area (Å²) in [5, 5.41) is 2.92. The Morgan fingerprint density at radius 3 is 2.38 bits per heavy atom. The molecule has 0 spiro atoms. The molecule has 0 aliphatic carbocycles. The lowest BCUT2D eigenvalue weighted by Gasteiger charge is -2.09. The van der Waals surface area contributed by atoms with E-state index < -0.39 is 0 Å². The molecule has 0 saturated carbocycles. The van der Waals surface area contributed by atoms with Crippen molar-refractivity contribution in [3.05, 3.63) is 95.6 Å². The first-order chi connectivity index (χ1) is 11.7. The van der Waals surface area contributed by atoms with Crippen LogP contribution < -0.4 is 10.1 Å². The summed E-state index contributed by atoms with van der Waals surface area (Å²) in [5.41, 5.74) is 2.82. The van der Waals surface area contributed by atoms with Crippen molar-refractivity contribution in [1.29, 1.82) is 0 Å². The van der Waals surface area contributed by atoms with E-state index in [-0.39, 0.29) is 5.91 Å².